The van der Waals surface area contributed by atoms with Crippen LogP contribution in [0.1, 0.15) is 25.3 Å². The smallest absolute Gasteiger partial charge is 0.305 e. The zero-order valence-corrected chi connectivity index (χ0v) is 12.3. The molecule has 21 heavy (non-hydrogen) atoms. The minimum atomic E-state index is -0.697. The highest BCUT2D eigenvalue weighted by molar-refractivity contribution is 5.36. The van der Waals surface area contributed by atoms with Crippen molar-refractivity contribution in [3.8, 4) is 0 Å². The molecule has 0 saturated carbocycles. The molecule has 0 radical (unpaired) electrons. The van der Waals surface area contributed by atoms with E-state index in [9.17, 15) is 14.5 Å². The summed E-state index contributed by atoms with van der Waals surface area (Å²) >= 11 is 0. The van der Waals surface area contributed by atoms with E-state index in [0.717, 1.165) is 39.0 Å². The lowest BCUT2D eigenvalue weighted by Gasteiger charge is -2.32. The third kappa shape index (κ3) is 4.22. The van der Waals surface area contributed by atoms with Crippen molar-refractivity contribution in [2.45, 2.75) is 26.3 Å². The van der Waals surface area contributed by atoms with Gasteiger partial charge >= 0.3 is 5.69 Å². The van der Waals surface area contributed by atoms with E-state index < -0.39 is 16.4 Å². The van der Waals surface area contributed by atoms with Crippen LogP contribution in [0.3, 0.4) is 0 Å². The van der Waals surface area contributed by atoms with Crippen LogP contribution in [0.5, 0.6) is 0 Å². The highest BCUT2D eigenvalue weighted by atomic mass is 19.1. The maximum absolute atomic E-state index is 14.0. The lowest BCUT2D eigenvalue weighted by Crippen LogP contribution is -2.37. The SMILES string of the molecule is CCNCC1CCN(Cc2cccc([N+](=O)[O-])c2F)CC1. The average molecular weight is 295 g/mol. The van der Waals surface area contributed by atoms with Crippen LogP contribution in [-0.2, 0) is 6.54 Å². The van der Waals surface area contributed by atoms with Gasteiger partial charge in [-0.1, -0.05) is 19.1 Å². The molecule has 1 aromatic rings. The number of nitro groups is 1. The van der Waals surface area contributed by atoms with Crippen LogP contribution in [0.4, 0.5) is 10.1 Å². The first-order chi connectivity index (χ1) is 10.1. The second-order valence-corrected chi connectivity index (χ2v) is 5.53. The Morgan fingerprint density at radius 1 is 1.43 bits per heavy atom. The summed E-state index contributed by atoms with van der Waals surface area (Å²) in [4.78, 5) is 12.3. The molecule has 1 aliphatic heterocycles. The number of hydrogen-bond acceptors (Lipinski definition) is 4. The van der Waals surface area contributed by atoms with Gasteiger partial charge in [-0.2, -0.15) is 4.39 Å². The van der Waals surface area contributed by atoms with Gasteiger partial charge in [0.15, 0.2) is 0 Å². The van der Waals surface area contributed by atoms with E-state index in [4.69, 9.17) is 0 Å². The highest BCUT2D eigenvalue weighted by Crippen LogP contribution is 2.23. The normalized spacial score (nSPS) is 17.0. The molecule has 0 unspecified atom stereocenters. The first-order valence-electron chi connectivity index (χ1n) is 7.46. The molecular weight excluding hydrogens is 273 g/mol. The van der Waals surface area contributed by atoms with E-state index in [1.165, 1.54) is 6.07 Å². The van der Waals surface area contributed by atoms with E-state index >= 15 is 0 Å². The van der Waals surface area contributed by atoms with Gasteiger partial charge in [-0.25, -0.2) is 0 Å². The fourth-order valence-corrected chi connectivity index (χ4v) is 2.77. The Morgan fingerprint density at radius 3 is 2.76 bits per heavy atom. The van der Waals surface area contributed by atoms with Crippen molar-refractivity contribution in [3.63, 3.8) is 0 Å². The van der Waals surface area contributed by atoms with Crippen LogP contribution >= 0.6 is 0 Å². The van der Waals surface area contributed by atoms with Crippen molar-refractivity contribution in [2.75, 3.05) is 26.2 Å². The number of nitrogens with zero attached hydrogens (tertiary/aromatic N) is 2. The zero-order valence-electron chi connectivity index (χ0n) is 12.3. The Labute approximate surface area is 124 Å². The molecule has 1 saturated heterocycles. The predicted octanol–water partition coefficient (Wildman–Crippen LogP) is 2.56. The molecule has 0 aliphatic carbocycles. The van der Waals surface area contributed by atoms with Gasteiger partial charge in [-0.05, 0) is 44.9 Å². The van der Waals surface area contributed by atoms with Gasteiger partial charge in [-0.3, -0.25) is 15.0 Å². The molecule has 0 spiro atoms. The predicted molar refractivity (Wildman–Crippen MR) is 79.6 cm³/mol. The Balaban J connectivity index is 1.92. The number of benzene rings is 1. The number of halogens is 1. The standard InChI is InChI=1S/C15H22FN3O2/c1-2-17-10-12-6-8-18(9-7-12)11-13-4-3-5-14(15(13)16)19(20)21/h3-5,12,17H,2,6-11H2,1H3. The Hall–Kier alpha value is -1.53. The molecule has 1 fully saturated rings. The molecule has 1 N–H and O–H groups in total. The molecule has 2 rings (SSSR count). The van der Waals surface area contributed by atoms with Crippen LogP contribution in [0.2, 0.25) is 0 Å². The maximum atomic E-state index is 14.0. The van der Waals surface area contributed by atoms with Crippen LogP contribution in [0, 0.1) is 21.8 Å². The molecule has 116 valence electrons. The van der Waals surface area contributed by atoms with Crippen molar-refractivity contribution >= 4 is 5.69 Å². The van der Waals surface area contributed by atoms with Crippen LogP contribution < -0.4 is 5.32 Å². The van der Waals surface area contributed by atoms with Crippen molar-refractivity contribution in [2.24, 2.45) is 5.92 Å². The van der Waals surface area contributed by atoms with E-state index in [-0.39, 0.29) is 0 Å². The zero-order chi connectivity index (χ0) is 15.2. The minimum Gasteiger partial charge on any atom is -0.317 e. The van der Waals surface area contributed by atoms with Crippen molar-refractivity contribution in [3.05, 3.63) is 39.7 Å². The van der Waals surface area contributed by atoms with Crippen molar-refractivity contribution in [1.29, 1.82) is 0 Å². The largest absolute Gasteiger partial charge is 0.317 e. The third-order valence-corrected chi connectivity index (χ3v) is 4.04. The summed E-state index contributed by atoms with van der Waals surface area (Å²) in [6, 6.07) is 4.39. The fraction of sp³-hybridized carbons (Fsp3) is 0.600. The molecule has 1 aliphatic rings. The Morgan fingerprint density at radius 2 is 2.14 bits per heavy atom. The number of likely N-dealkylation sites (tertiary alicyclic amines) is 1. The van der Waals surface area contributed by atoms with Crippen LogP contribution in [0.15, 0.2) is 18.2 Å². The molecular formula is C15H22FN3O2. The minimum absolute atomic E-state index is 0.411. The highest BCUT2D eigenvalue weighted by Gasteiger charge is 2.22. The van der Waals surface area contributed by atoms with E-state index in [0.29, 0.717) is 18.0 Å². The second kappa shape index (κ2) is 7.47. The molecule has 0 atom stereocenters. The Kier molecular flexibility index (Phi) is 5.64. The summed E-state index contributed by atoms with van der Waals surface area (Å²) in [7, 11) is 0. The summed E-state index contributed by atoms with van der Waals surface area (Å²) in [5.41, 5.74) is -0.0242. The monoisotopic (exact) mass is 295 g/mol. The quantitative estimate of drug-likeness (QED) is 0.647. The first-order valence-corrected chi connectivity index (χ1v) is 7.46. The molecule has 1 aromatic carbocycles. The summed E-state index contributed by atoms with van der Waals surface area (Å²) in [5.74, 6) is -0.0200. The van der Waals surface area contributed by atoms with Gasteiger partial charge in [-0.15, -0.1) is 0 Å². The van der Waals surface area contributed by atoms with Gasteiger partial charge in [0, 0.05) is 18.2 Å². The molecule has 0 bridgehead atoms. The number of nitro benzene ring substituents is 1. The lowest BCUT2D eigenvalue weighted by molar-refractivity contribution is -0.387. The van der Waals surface area contributed by atoms with E-state index in [2.05, 4.69) is 17.1 Å². The van der Waals surface area contributed by atoms with Crippen molar-refractivity contribution in [1.82, 2.24) is 10.2 Å². The summed E-state index contributed by atoms with van der Waals surface area (Å²) in [6.45, 7) is 6.40. The summed E-state index contributed by atoms with van der Waals surface area (Å²) < 4.78 is 14.0. The summed E-state index contributed by atoms with van der Waals surface area (Å²) in [5, 5.41) is 14.1. The number of hydrogen-bond donors (Lipinski definition) is 1. The van der Waals surface area contributed by atoms with Crippen molar-refractivity contribution < 1.29 is 9.31 Å². The fourth-order valence-electron chi connectivity index (χ4n) is 2.77. The first kappa shape index (κ1) is 15.9. The van der Waals surface area contributed by atoms with Crippen LogP contribution in [0.25, 0.3) is 0 Å². The molecule has 0 aromatic heterocycles. The number of rotatable bonds is 6. The Bertz CT molecular complexity index is 488. The van der Waals surface area contributed by atoms with Gasteiger partial charge in [0.1, 0.15) is 0 Å². The topological polar surface area (TPSA) is 58.4 Å². The molecule has 5 nitrogen and oxygen atoms in total. The third-order valence-electron chi connectivity index (χ3n) is 4.04. The molecule has 1 heterocycles. The lowest BCUT2D eigenvalue weighted by atomic mass is 9.96. The average Bonchev–Trinajstić information content (AvgIpc) is 2.48. The molecule has 6 heteroatoms. The van der Waals surface area contributed by atoms with Gasteiger partial charge < -0.3 is 5.32 Å². The van der Waals surface area contributed by atoms with Gasteiger partial charge in [0.05, 0.1) is 4.92 Å². The van der Waals surface area contributed by atoms with E-state index in [1.807, 2.05) is 0 Å². The number of nitrogens with one attached hydrogen (secondary N) is 1. The second-order valence-electron chi connectivity index (χ2n) is 5.53. The van der Waals surface area contributed by atoms with Crippen LogP contribution in [-0.4, -0.2) is 36.0 Å². The van der Waals surface area contributed by atoms with E-state index in [1.54, 1.807) is 12.1 Å². The van der Waals surface area contributed by atoms with Gasteiger partial charge in [0.25, 0.3) is 0 Å². The van der Waals surface area contributed by atoms with Gasteiger partial charge in [0.2, 0.25) is 5.82 Å². The molecule has 0 amide bonds. The number of piperidine rings is 1. The summed E-state index contributed by atoms with van der Waals surface area (Å²) in [6.07, 6.45) is 2.17. The maximum Gasteiger partial charge on any atom is 0.305 e.